The summed E-state index contributed by atoms with van der Waals surface area (Å²) in [6.45, 7) is 0. The molecular formula is C13H13N5O3. The van der Waals surface area contributed by atoms with Crippen molar-refractivity contribution in [1.29, 1.82) is 0 Å². The van der Waals surface area contributed by atoms with Gasteiger partial charge in [-0.1, -0.05) is 12.1 Å². The van der Waals surface area contributed by atoms with Crippen LogP contribution < -0.4 is 11.2 Å². The van der Waals surface area contributed by atoms with Crippen LogP contribution in [0.2, 0.25) is 0 Å². The van der Waals surface area contributed by atoms with Crippen molar-refractivity contribution in [2.75, 3.05) is 7.11 Å². The molecule has 0 radical (unpaired) electrons. The summed E-state index contributed by atoms with van der Waals surface area (Å²) in [4.78, 5) is 21.8. The molecular weight excluding hydrogens is 274 g/mol. The number of nitrogens with one attached hydrogen (secondary N) is 1. The van der Waals surface area contributed by atoms with E-state index in [-0.39, 0.29) is 5.69 Å². The summed E-state index contributed by atoms with van der Waals surface area (Å²) in [7, 11) is 1.30. The van der Waals surface area contributed by atoms with Crippen molar-refractivity contribution in [3.63, 3.8) is 0 Å². The number of esters is 1. The van der Waals surface area contributed by atoms with Gasteiger partial charge in [0.2, 0.25) is 0 Å². The maximum Gasteiger partial charge on any atom is 0.358 e. The van der Waals surface area contributed by atoms with Gasteiger partial charge in [0, 0.05) is 6.20 Å². The number of primary amides is 1. The second kappa shape index (κ2) is 6.33. The topological polar surface area (TPSA) is 112 Å². The van der Waals surface area contributed by atoms with E-state index in [9.17, 15) is 9.59 Å². The van der Waals surface area contributed by atoms with E-state index in [2.05, 4.69) is 20.4 Å². The molecule has 1 aromatic carbocycles. The summed E-state index contributed by atoms with van der Waals surface area (Å²) >= 11 is 0. The first-order valence-electron chi connectivity index (χ1n) is 5.93. The Morgan fingerprint density at radius 3 is 2.67 bits per heavy atom. The molecule has 8 heteroatoms. The first-order valence-corrected chi connectivity index (χ1v) is 5.93. The van der Waals surface area contributed by atoms with Crippen LogP contribution >= 0.6 is 0 Å². The van der Waals surface area contributed by atoms with Crippen molar-refractivity contribution >= 4 is 18.2 Å². The third-order valence-electron chi connectivity index (χ3n) is 2.53. The van der Waals surface area contributed by atoms with Crippen LogP contribution in [0.25, 0.3) is 5.69 Å². The van der Waals surface area contributed by atoms with Crippen LogP contribution in [0.4, 0.5) is 4.79 Å². The Labute approximate surface area is 120 Å². The quantitative estimate of drug-likeness (QED) is 0.488. The van der Waals surface area contributed by atoms with E-state index in [1.54, 1.807) is 41.2 Å². The lowest BCUT2D eigenvalue weighted by Gasteiger charge is -2.01. The number of carbonyl (C=O) groups is 2. The predicted octanol–water partition coefficient (Wildman–Crippen LogP) is 0.661. The van der Waals surface area contributed by atoms with Crippen LogP contribution in [0.15, 0.2) is 41.6 Å². The molecule has 2 aromatic rings. The van der Waals surface area contributed by atoms with Crippen molar-refractivity contribution < 1.29 is 14.3 Å². The molecule has 0 aliphatic heterocycles. The zero-order valence-corrected chi connectivity index (χ0v) is 11.2. The van der Waals surface area contributed by atoms with Crippen LogP contribution in [-0.4, -0.2) is 35.1 Å². The number of carbonyl (C=O) groups excluding carboxylic acids is 2. The number of hydrogen-bond acceptors (Lipinski definition) is 5. The molecule has 1 heterocycles. The Kier molecular flexibility index (Phi) is 4.30. The first kappa shape index (κ1) is 14.3. The van der Waals surface area contributed by atoms with Crippen molar-refractivity contribution in [2.24, 2.45) is 10.8 Å². The van der Waals surface area contributed by atoms with Crippen LogP contribution in [0.5, 0.6) is 0 Å². The Morgan fingerprint density at radius 1 is 1.33 bits per heavy atom. The number of methoxy groups -OCH3 is 1. The molecule has 0 bridgehead atoms. The minimum Gasteiger partial charge on any atom is -0.464 e. The average Bonchev–Trinajstić information content (AvgIpc) is 2.96. The van der Waals surface area contributed by atoms with Gasteiger partial charge in [0.25, 0.3) is 0 Å². The van der Waals surface area contributed by atoms with E-state index >= 15 is 0 Å². The molecule has 0 fully saturated rings. The summed E-state index contributed by atoms with van der Waals surface area (Å²) in [6.07, 6.45) is 3.11. The number of nitrogens with zero attached hydrogens (tertiary/aromatic N) is 3. The van der Waals surface area contributed by atoms with E-state index in [0.717, 1.165) is 11.3 Å². The van der Waals surface area contributed by atoms with Gasteiger partial charge < -0.3 is 10.5 Å². The second-order valence-corrected chi connectivity index (χ2v) is 3.96. The number of rotatable bonds is 4. The van der Waals surface area contributed by atoms with Crippen LogP contribution in [0, 0.1) is 0 Å². The van der Waals surface area contributed by atoms with Gasteiger partial charge in [0.1, 0.15) is 0 Å². The molecule has 0 saturated heterocycles. The molecule has 0 aliphatic carbocycles. The zero-order chi connectivity index (χ0) is 15.2. The second-order valence-electron chi connectivity index (χ2n) is 3.96. The molecule has 0 aliphatic rings. The van der Waals surface area contributed by atoms with Crippen molar-refractivity contribution in [2.45, 2.75) is 0 Å². The number of urea groups is 1. The zero-order valence-electron chi connectivity index (χ0n) is 11.2. The van der Waals surface area contributed by atoms with Crippen LogP contribution in [0.1, 0.15) is 16.1 Å². The summed E-state index contributed by atoms with van der Waals surface area (Å²) in [5, 5.41) is 7.75. The number of hydrazone groups is 1. The molecule has 0 atom stereocenters. The third kappa shape index (κ3) is 3.66. The Morgan fingerprint density at radius 2 is 2.05 bits per heavy atom. The highest BCUT2D eigenvalue weighted by atomic mass is 16.5. The first-order chi connectivity index (χ1) is 10.1. The van der Waals surface area contributed by atoms with E-state index in [4.69, 9.17) is 5.73 Å². The number of amides is 2. The molecule has 8 nitrogen and oxygen atoms in total. The molecule has 3 N–H and O–H groups in total. The fraction of sp³-hybridized carbons (Fsp3) is 0.0769. The van der Waals surface area contributed by atoms with Crippen LogP contribution in [-0.2, 0) is 4.74 Å². The molecule has 21 heavy (non-hydrogen) atoms. The van der Waals surface area contributed by atoms with Gasteiger partial charge in [-0.05, 0) is 23.8 Å². The van der Waals surface area contributed by atoms with Gasteiger partial charge in [0.05, 0.1) is 19.0 Å². The van der Waals surface area contributed by atoms with Crippen molar-refractivity contribution in [1.82, 2.24) is 15.2 Å². The molecule has 0 spiro atoms. The van der Waals surface area contributed by atoms with E-state index < -0.39 is 12.0 Å². The molecule has 0 saturated carbocycles. The van der Waals surface area contributed by atoms with E-state index in [0.29, 0.717) is 0 Å². The summed E-state index contributed by atoms with van der Waals surface area (Å²) < 4.78 is 6.14. The molecule has 0 unspecified atom stereocenters. The van der Waals surface area contributed by atoms with Gasteiger partial charge in [-0.25, -0.2) is 19.7 Å². The maximum absolute atomic E-state index is 11.3. The smallest absolute Gasteiger partial charge is 0.358 e. The minimum atomic E-state index is -0.727. The van der Waals surface area contributed by atoms with Crippen LogP contribution in [0.3, 0.4) is 0 Å². The highest BCUT2D eigenvalue weighted by molar-refractivity contribution is 5.87. The number of ether oxygens (including phenoxy) is 1. The predicted molar refractivity (Wildman–Crippen MR) is 75.2 cm³/mol. The van der Waals surface area contributed by atoms with E-state index in [1.165, 1.54) is 13.3 Å². The van der Waals surface area contributed by atoms with Gasteiger partial charge in [-0.3, -0.25) is 0 Å². The monoisotopic (exact) mass is 287 g/mol. The lowest BCUT2D eigenvalue weighted by atomic mass is 10.2. The normalized spacial score (nSPS) is 10.5. The van der Waals surface area contributed by atoms with Gasteiger partial charge in [-0.15, -0.1) is 0 Å². The number of aromatic nitrogens is 2. The molecule has 1 aromatic heterocycles. The highest BCUT2D eigenvalue weighted by Crippen LogP contribution is 2.09. The Hall–Kier alpha value is -3.16. The van der Waals surface area contributed by atoms with Crippen molar-refractivity contribution in [3.05, 3.63) is 47.8 Å². The largest absolute Gasteiger partial charge is 0.464 e. The van der Waals surface area contributed by atoms with E-state index in [1.807, 2.05) is 0 Å². The Bertz CT molecular complexity index is 675. The van der Waals surface area contributed by atoms with Gasteiger partial charge >= 0.3 is 12.0 Å². The Balaban J connectivity index is 2.11. The maximum atomic E-state index is 11.3. The highest BCUT2D eigenvalue weighted by Gasteiger charge is 2.09. The number of nitrogens with two attached hydrogens (primary N) is 1. The van der Waals surface area contributed by atoms with Gasteiger partial charge in [0.15, 0.2) is 5.69 Å². The molecule has 2 amide bonds. The SMILES string of the molecule is COC(=O)c1ccn(-c2ccc(C=NNC(N)=O)cc2)n1. The fourth-order valence-electron chi connectivity index (χ4n) is 1.56. The summed E-state index contributed by atoms with van der Waals surface area (Å²) in [6, 6.07) is 7.98. The minimum absolute atomic E-state index is 0.230. The number of hydrogen-bond donors (Lipinski definition) is 2. The summed E-state index contributed by atoms with van der Waals surface area (Å²) in [5.74, 6) is -0.491. The molecule has 108 valence electrons. The van der Waals surface area contributed by atoms with Gasteiger partial charge in [-0.2, -0.15) is 10.2 Å². The fourth-order valence-corrected chi connectivity index (χ4v) is 1.56. The average molecular weight is 287 g/mol. The molecule has 2 rings (SSSR count). The lowest BCUT2D eigenvalue weighted by molar-refractivity contribution is 0.0593. The third-order valence-corrected chi connectivity index (χ3v) is 2.53. The number of benzene rings is 1. The standard InChI is InChI=1S/C13H13N5O3/c1-21-12(19)11-6-7-18(17-11)10-4-2-9(3-5-10)8-15-16-13(14)20/h2-8H,1H3,(H3,14,16,20). The summed E-state index contributed by atoms with van der Waals surface area (Å²) in [5.41, 5.74) is 8.75. The van der Waals surface area contributed by atoms with Crippen molar-refractivity contribution in [3.8, 4) is 5.69 Å². The lowest BCUT2D eigenvalue weighted by Crippen LogP contribution is -2.24.